The molecule has 0 atom stereocenters. The van der Waals surface area contributed by atoms with Gasteiger partial charge in [0, 0.05) is 23.3 Å². The molecule has 2 rings (SSSR count). The molecule has 5 heteroatoms. The first-order valence-corrected chi connectivity index (χ1v) is 6.11. The third-order valence-electron chi connectivity index (χ3n) is 2.40. The van der Waals surface area contributed by atoms with Crippen LogP contribution >= 0.6 is 15.9 Å². The van der Waals surface area contributed by atoms with Crippen LogP contribution in [0.1, 0.15) is 21.7 Å². The molecule has 0 aliphatic heterocycles. The Morgan fingerprint density at radius 1 is 1.33 bits per heavy atom. The molecule has 3 nitrogen and oxygen atoms in total. The largest absolute Gasteiger partial charge is 0.290 e. The van der Waals surface area contributed by atoms with Gasteiger partial charge in [-0.1, -0.05) is 22.0 Å². The average molecular weight is 309 g/mol. The summed E-state index contributed by atoms with van der Waals surface area (Å²) in [6.45, 7) is 1.84. The standard InChI is InChI=1S/C13H10BrFN2O/c1-8-6-16-13(17-7-8)12(18)4-9-2-3-10(14)5-11(9)15/h2-3,5-7H,4H2,1H3. The molecule has 0 saturated heterocycles. The third-order valence-corrected chi connectivity index (χ3v) is 2.89. The van der Waals surface area contributed by atoms with Crippen LogP contribution in [0.25, 0.3) is 0 Å². The maximum Gasteiger partial charge on any atom is 0.204 e. The topological polar surface area (TPSA) is 42.9 Å². The van der Waals surface area contributed by atoms with E-state index in [1.807, 2.05) is 6.92 Å². The van der Waals surface area contributed by atoms with Crippen molar-refractivity contribution in [3.05, 3.63) is 57.8 Å². The minimum Gasteiger partial charge on any atom is -0.290 e. The zero-order valence-electron chi connectivity index (χ0n) is 9.65. The zero-order valence-corrected chi connectivity index (χ0v) is 11.2. The molecule has 0 N–H and O–H groups in total. The van der Waals surface area contributed by atoms with Crippen LogP contribution in [0, 0.1) is 12.7 Å². The minimum atomic E-state index is -0.412. The number of carbonyl (C=O) groups excluding carboxylic acids is 1. The average Bonchev–Trinajstić information content (AvgIpc) is 2.33. The summed E-state index contributed by atoms with van der Waals surface area (Å²) in [5.41, 5.74) is 1.22. The quantitative estimate of drug-likeness (QED) is 0.818. The first-order valence-electron chi connectivity index (χ1n) is 5.32. The molecule has 0 amide bonds. The lowest BCUT2D eigenvalue weighted by Gasteiger charge is -2.02. The predicted molar refractivity (Wildman–Crippen MR) is 68.9 cm³/mol. The number of Topliss-reactive ketones (excluding diaryl/α,β-unsaturated/α-hetero) is 1. The van der Waals surface area contributed by atoms with Crippen LogP contribution in [-0.2, 0) is 6.42 Å². The predicted octanol–water partition coefficient (Wildman–Crippen LogP) is 3.11. The number of aryl methyl sites for hydroxylation is 1. The minimum absolute atomic E-state index is 0.0395. The van der Waals surface area contributed by atoms with Crippen molar-refractivity contribution >= 4 is 21.7 Å². The summed E-state index contributed by atoms with van der Waals surface area (Å²) >= 11 is 3.17. The van der Waals surface area contributed by atoms with E-state index in [0.29, 0.717) is 10.0 Å². The van der Waals surface area contributed by atoms with Crippen molar-refractivity contribution in [1.29, 1.82) is 0 Å². The van der Waals surface area contributed by atoms with Gasteiger partial charge >= 0.3 is 0 Å². The second-order valence-corrected chi connectivity index (χ2v) is 4.84. The number of ketones is 1. The van der Waals surface area contributed by atoms with E-state index >= 15 is 0 Å². The lowest BCUT2D eigenvalue weighted by Crippen LogP contribution is -2.09. The highest BCUT2D eigenvalue weighted by molar-refractivity contribution is 9.10. The summed E-state index contributed by atoms with van der Waals surface area (Å²) in [6.07, 6.45) is 3.10. The van der Waals surface area contributed by atoms with Gasteiger partial charge in [-0.25, -0.2) is 14.4 Å². The zero-order chi connectivity index (χ0) is 13.1. The maximum atomic E-state index is 13.6. The Morgan fingerprint density at radius 2 is 2.00 bits per heavy atom. The van der Waals surface area contributed by atoms with Gasteiger partial charge in [0.15, 0.2) is 5.82 Å². The normalized spacial score (nSPS) is 10.4. The summed E-state index contributed by atoms with van der Waals surface area (Å²) in [6, 6.07) is 4.60. The number of hydrogen-bond acceptors (Lipinski definition) is 3. The van der Waals surface area contributed by atoms with E-state index in [-0.39, 0.29) is 18.0 Å². The Bertz CT molecular complexity index is 584. The number of halogens is 2. The summed E-state index contributed by atoms with van der Waals surface area (Å²) in [7, 11) is 0. The molecule has 0 unspecified atom stereocenters. The molecule has 2 aromatic rings. The Balaban J connectivity index is 2.18. The van der Waals surface area contributed by atoms with E-state index < -0.39 is 5.82 Å². The van der Waals surface area contributed by atoms with E-state index in [4.69, 9.17) is 0 Å². The Morgan fingerprint density at radius 3 is 2.61 bits per heavy atom. The highest BCUT2D eigenvalue weighted by atomic mass is 79.9. The lowest BCUT2D eigenvalue weighted by atomic mass is 10.1. The molecule has 1 aromatic heterocycles. The van der Waals surface area contributed by atoms with E-state index in [9.17, 15) is 9.18 Å². The molecule has 0 radical (unpaired) electrons. The number of carbonyl (C=O) groups is 1. The van der Waals surface area contributed by atoms with Crippen LogP contribution in [0.15, 0.2) is 35.1 Å². The lowest BCUT2D eigenvalue weighted by molar-refractivity contribution is 0.0982. The van der Waals surface area contributed by atoms with Crippen LogP contribution in [0.3, 0.4) is 0 Å². The van der Waals surface area contributed by atoms with E-state index in [2.05, 4.69) is 25.9 Å². The molecule has 0 saturated carbocycles. The molecule has 1 aromatic carbocycles. The molecule has 0 aliphatic rings. The van der Waals surface area contributed by atoms with Crippen molar-refractivity contribution in [2.75, 3.05) is 0 Å². The SMILES string of the molecule is Cc1cnc(C(=O)Cc2ccc(Br)cc2F)nc1. The fourth-order valence-corrected chi connectivity index (χ4v) is 1.79. The van der Waals surface area contributed by atoms with E-state index in [1.165, 1.54) is 6.07 Å². The van der Waals surface area contributed by atoms with Gasteiger partial charge in [0.2, 0.25) is 5.78 Å². The molecule has 18 heavy (non-hydrogen) atoms. The van der Waals surface area contributed by atoms with Gasteiger partial charge in [0.25, 0.3) is 0 Å². The molecule has 1 heterocycles. The number of benzene rings is 1. The summed E-state index contributed by atoms with van der Waals surface area (Å²) in [4.78, 5) is 19.7. The van der Waals surface area contributed by atoms with Crippen molar-refractivity contribution in [3.8, 4) is 0 Å². The smallest absolute Gasteiger partial charge is 0.204 e. The molecule has 92 valence electrons. The van der Waals surface area contributed by atoms with Gasteiger partial charge < -0.3 is 0 Å². The second-order valence-electron chi connectivity index (χ2n) is 3.92. The number of nitrogens with zero attached hydrogens (tertiary/aromatic N) is 2. The van der Waals surface area contributed by atoms with Crippen LogP contribution in [0.4, 0.5) is 4.39 Å². The Hall–Kier alpha value is -1.62. The highest BCUT2D eigenvalue weighted by Gasteiger charge is 2.13. The number of aromatic nitrogens is 2. The molecular formula is C13H10BrFN2O. The van der Waals surface area contributed by atoms with Gasteiger partial charge in [-0.15, -0.1) is 0 Å². The van der Waals surface area contributed by atoms with Crippen molar-refractivity contribution in [2.45, 2.75) is 13.3 Å². The second kappa shape index (κ2) is 5.35. The van der Waals surface area contributed by atoms with Crippen molar-refractivity contribution in [1.82, 2.24) is 9.97 Å². The van der Waals surface area contributed by atoms with E-state index in [0.717, 1.165) is 5.56 Å². The first kappa shape index (κ1) is 12.8. The Labute approximate surface area is 112 Å². The Kier molecular flexibility index (Phi) is 3.81. The monoisotopic (exact) mass is 308 g/mol. The van der Waals surface area contributed by atoms with Crippen LogP contribution in [-0.4, -0.2) is 15.8 Å². The molecule has 0 fully saturated rings. The summed E-state index contributed by atoms with van der Waals surface area (Å²) in [5.74, 6) is -0.594. The third kappa shape index (κ3) is 2.98. The number of hydrogen-bond donors (Lipinski definition) is 0. The first-order chi connectivity index (χ1) is 8.56. The molecule has 0 spiro atoms. The van der Waals surface area contributed by atoms with Gasteiger partial charge in [0.1, 0.15) is 5.82 Å². The van der Waals surface area contributed by atoms with Crippen molar-refractivity contribution in [2.24, 2.45) is 0 Å². The summed E-state index contributed by atoms with van der Waals surface area (Å²) in [5, 5.41) is 0. The summed E-state index contributed by atoms with van der Waals surface area (Å²) < 4.78 is 14.2. The highest BCUT2D eigenvalue weighted by Crippen LogP contribution is 2.16. The number of rotatable bonds is 3. The fourth-order valence-electron chi connectivity index (χ4n) is 1.45. The van der Waals surface area contributed by atoms with Crippen LogP contribution in [0.5, 0.6) is 0 Å². The van der Waals surface area contributed by atoms with Gasteiger partial charge in [0.05, 0.1) is 0 Å². The van der Waals surface area contributed by atoms with Crippen molar-refractivity contribution < 1.29 is 9.18 Å². The maximum absolute atomic E-state index is 13.6. The van der Waals surface area contributed by atoms with Crippen LogP contribution < -0.4 is 0 Å². The van der Waals surface area contributed by atoms with Gasteiger partial charge in [-0.05, 0) is 30.2 Å². The van der Waals surface area contributed by atoms with Gasteiger partial charge in [-0.3, -0.25) is 4.79 Å². The van der Waals surface area contributed by atoms with E-state index in [1.54, 1.807) is 24.5 Å². The van der Waals surface area contributed by atoms with Crippen molar-refractivity contribution in [3.63, 3.8) is 0 Å². The molecule has 0 aliphatic carbocycles. The fraction of sp³-hybridized carbons (Fsp3) is 0.154. The van der Waals surface area contributed by atoms with Crippen LogP contribution in [0.2, 0.25) is 0 Å². The van der Waals surface area contributed by atoms with Gasteiger partial charge in [-0.2, -0.15) is 0 Å². The molecule has 0 bridgehead atoms. The molecular weight excluding hydrogens is 299 g/mol.